The number of fused-ring (bicyclic) bond motifs is 1. The van der Waals surface area contributed by atoms with E-state index in [0.717, 1.165) is 10.1 Å². The van der Waals surface area contributed by atoms with Crippen LogP contribution in [0.1, 0.15) is 5.56 Å². The van der Waals surface area contributed by atoms with Crippen molar-refractivity contribution in [2.75, 3.05) is 7.11 Å². The number of rotatable bonds is 5. The number of benzene rings is 2. The lowest BCUT2D eigenvalue weighted by atomic mass is 10.2. The van der Waals surface area contributed by atoms with Gasteiger partial charge in [0.15, 0.2) is 0 Å². The van der Waals surface area contributed by atoms with Crippen molar-refractivity contribution in [1.82, 2.24) is 19.1 Å². The minimum absolute atomic E-state index is 0.0173. The molecule has 168 valence electrons. The third kappa shape index (κ3) is 4.35. The minimum atomic E-state index is -0.754. The molecular weight excluding hydrogens is 487 g/mol. The Morgan fingerprint density at radius 1 is 1.06 bits per heavy atom. The van der Waals surface area contributed by atoms with E-state index in [4.69, 9.17) is 35.4 Å². The van der Waals surface area contributed by atoms with Crippen molar-refractivity contribution in [2.24, 2.45) is 0 Å². The number of methoxy groups -OCH3 is 1. The molecule has 0 amide bonds. The van der Waals surface area contributed by atoms with Gasteiger partial charge in [-0.25, -0.2) is 14.3 Å². The third-order valence-corrected chi connectivity index (χ3v) is 5.91. The van der Waals surface area contributed by atoms with E-state index in [2.05, 4.69) is 14.7 Å². The molecule has 8 nitrogen and oxygen atoms in total. The van der Waals surface area contributed by atoms with Gasteiger partial charge in [-0.2, -0.15) is 0 Å². The van der Waals surface area contributed by atoms with Crippen molar-refractivity contribution < 1.29 is 9.53 Å². The molecule has 0 saturated heterocycles. The summed E-state index contributed by atoms with van der Waals surface area (Å²) in [6.45, 7) is -0.464. The Morgan fingerprint density at radius 3 is 2.36 bits per heavy atom. The number of hydrogen-bond acceptors (Lipinski definition) is 6. The fourth-order valence-corrected chi connectivity index (χ4v) is 4.26. The van der Waals surface area contributed by atoms with Crippen LogP contribution >= 0.6 is 35.4 Å². The zero-order chi connectivity index (χ0) is 23.7. The first-order valence-electron chi connectivity index (χ1n) is 9.64. The number of H-pyrrole nitrogens is 1. The number of halogens is 2. The van der Waals surface area contributed by atoms with Gasteiger partial charge in [-0.15, -0.1) is 0 Å². The van der Waals surface area contributed by atoms with Crippen LogP contribution in [0.3, 0.4) is 0 Å². The quantitative estimate of drug-likeness (QED) is 0.329. The van der Waals surface area contributed by atoms with Crippen LogP contribution in [-0.4, -0.2) is 32.2 Å². The Labute approximate surface area is 202 Å². The second-order valence-electron chi connectivity index (χ2n) is 7.03. The van der Waals surface area contributed by atoms with Crippen molar-refractivity contribution >= 4 is 52.4 Å². The van der Waals surface area contributed by atoms with Gasteiger partial charge in [-0.1, -0.05) is 71.8 Å². The van der Waals surface area contributed by atoms with E-state index in [1.807, 2.05) is 30.3 Å². The molecule has 2 aromatic heterocycles. The second-order valence-corrected chi connectivity index (χ2v) is 8.23. The molecule has 4 aromatic rings. The fraction of sp³-hybridized carbons (Fsp3) is 0.136. The van der Waals surface area contributed by atoms with Crippen molar-refractivity contribution in [1.29, 1.82) is 0 Å². The molecule has 33 heavy (non-hydrogen) atoms. The summed E-state index contributed by atoms with van der Waals surface area (Å²) in [6, 6.07) is 14.1. The largest absolute Gasteiger partial charge is 0.468 e. The van der Waals surface area contributed by atoms with E-state index in [0.29, 0.717) is 15.6 Å². The summed E-state index contributed by atoms with van der Waals surface area (Å²) >= 11 is 18.1. The van der Waals surface area contributed by atoms with Crippen molar-refractivity contribution in [2.45, 2.75) is 13.1 Å². The highest BCUT2D eigenvalue weighted by atomic mass is 35.5. The molecule has 4 rings (SSSR count). The maximum absolute atomic E-state index is 13.3. The fourth-order valence-electron chi connectivity index (χ4n) is 3.41. The van der Waals surface area contributed by atoms with Gasteiger partial charge < -0.3 is 9.72 Å². The molecule has 2 heterocycles. The van der Waals surface area contributed by atoms with Gasteiger partial charge >= 0.3 is 11.7 Å². The van der Waals surface area contributed by atoms with Crippen LogP contribution in [0.15, 0.2) is 58.1 Å². The van der Waals surface area contributed by atoms with Crippen molar-refractivity contribution in [3.8, 4) is 11.4 Å². The SMILES string of the molecule is COC(=O)Cn1c(=O)c2c(=S)nc(-c3c(Cl)cccc3Cl)[nH]c2n(Cc2ccccc2)c1=O. The van der Waals surface area contributed by atoms with Crippen LogP contribution in [0.2, 0.25) is 10.0 Å². The monoisotopic (exact) mass is 502 g/mol. The first-order chi connectivity index (χ1) is 15.8. The Hall–Kier alpha value is -3.27. The van der Waals surface area contributed by atoms with Gasteiger partial charge in [-0.05, 0) is 17.7 Å². The molecule has 1 N–H and O–H groups in total. The molecule has 0 bridgehead atoms. The highest BCUT2D eigenvalue weighted by Crippen LogP contribution is 2.32. The van der Waals surface area contributed by atoms with E-state index in [-0.39, 0.29) is 28.0 Å². The van der Waals surface area contributed by atoms with E-state index in [9.17, 15) is 14.4 Å². The number of carbonyl (C=O) groups is 1. The van der Waals surface area contributed by atoms with Gasteiger partial charge in [-0.3, -0.25) is 14.2 Å². The molecule has 0 spiro atoms. The van der Waals surface area contributed by atoms with Crippen LogP contribution < -0.4 is 11.2 Å². The second kappa shape index (κ2) is 9.30. The molecule has 0 atom stereocenters. The van der Waals surface area contributed by atoms with Crippen LogP contribution in [-0.2, 0) is 22.6 Å². The van der Waals surface area contributed by atoms with Gasteiger partial charge in [0.1, 0.15) is 28.0 Å². The molecule has 11 heteroatoms. The van der Waals surface area contributed by atoms with Gasteiger partial charge in [0, 0.05) is 0 Å². The lowest BCUT2D eigenvalue weighted by molar-refractivity contribution is -0.141. The topological polar surface area (TPSA) is 99.0 Å². The number of nitrogens with zero attached hydrogens (tertiary/aromatic N) is 3. The Morgan fingerprint density at radius 2 is 1.73 bits per heavy atom. The highest BCUT2D eigenvalue weighted by Gasteiger charge is 2.20. The normalized spacial score (nSPS) is 11.0. The average Bonchev–Trinajstić information content (AvgIpc) is 2.79. The molecule has 0 aliphatic rings. The van der Waals surface area contributed by atoms with E-state index in [1.165, 1.54) is 11.7 Å². The zero-order valence-electron chi connectivity index (χ0n) is 17.2. The van der Waals surface area contributed by atoms with Crippen LogP contribution in [0.5, 0.6) is 0 Å². The van der Waals surface area contributed by atoms with Crippen molar-refractivity contribution in [3.05, 3.63) is 89.6 Å². The molecule has 0 fully saturated rings. The zero-order valence-corrected chi connectivity index (χ0v) is 19.5. The molecular formula is C22H16Cl2N4O4S. The molecule has 2 aromatic carbocycles. The Balaban J connectivity index is 2.09. The predicted molar refractivity (Wildman–Crippen MR) is 128 cm³/mol. The van der Waals surface area contributed by atoms with Gasteiger partial charge in [0.05, 0.1) is 29.3 Å². The highest BCUT2D eigenvalue weighted by molar-refractivity contribution is 7.71. The van der Waals surface area contributed by atoms with Gasteiger partial charge in [0.25, 0.3) is 5.56 Å². The van der Waals surface area contributed by atoms with Crippen LogP contribution in [0.4, 0.5) is 0 Å². The smallest absolute Gasteiger partial charge is 0.333 e. The molecule has 0 aliphatic carbocycles. The summed E-state index contributed by atoms with van der Waals surface area (Å²) in [5.41, 5.74) is -0.157. The lowest BCUT2D eigenvalue weighted by Gasteiger charge is -2.15. The molecule has 0 unspecified atom stereocenters. The number of esters is 1. The number of hydrogen-bond donors (Lipinski definition) is 1. The maximum Gasteiger partial charge on any atom is 0.333 e. The first kappa shape index (κ1) is 22.9. The summed E-state index contributed by atoms with van der Waals surface area (Å²) in [4.78, 5) is 45.7. The number of aromatic nitrogens is 4. The Bertz CT molecular complexity index is 1540. The number of nitrogens with one attached hydrogen (secondary N) is 1. The summed E-state index contributed by atoms with van der Waals surface area (Å²) < 4.78 is 6.68. The number of ether oxygens (including phenoxy) is 1. The standard InChI is InChI=1S/C22H16Cl2N4O4S/c1-32-15(29)11-28-21(30)17-19(27(22(28)31)10-12-6-3-2-4-7-12)25-18(26-20(17)33)16-13(23)8-5-9-14(16)24/h2-9H,10-11H2,1H3,(H,25,26,33). The maximum atomic E-state index is 13.3. The molecule has 0 radical (unpaired) electrons. The summed E-state index contributed by atoms with van der Waals surface area (Å²) in [5.74, 6) is -0.545. The molecule has 0 saturated carbocycles. The molecule has 0 aliphatic heterocycles. The van der Waals surface area contributed by atoms with E-state index >= 15 is 0 Å². The first-order valence-corrected chi connectivity index (χ1v) is 10.8. The number of aromatic amines is 1. The third-order valence-electron chi connectivity index (χ3n) is 4.99. The summed E-state index contributed by atoms with van der Waals surface area (Å²) in [6.07, 6.45) is 0. The minimum Gasteiger partial charge on any atom is -0.468 e. The van der Waals surface area contributed by atoms with E-state index in [1.54, 1.807) is 18.2 Å². The van der Waals surface area contributed by atoms with Crippen LogP contribution in [0.25, 0.3) is 22.4 Å². The Kier molecular flexibility index (Phi) is 6.46. The lowest BCUT2D eigenvalue weighted by Crippen LogP contribution is -2.42. The number of carbonyl (C=O) groups excluding carboxylic acids is 1. The van der Waals surface area contributed by atoms with Crippen LogP contribution in [0, 0.1) is 4.64 Å². The van der Waals surface area contributed by atoms with Crippen molar-refractivity contribution in [3.63, 3.8) is 0 Å². The van der Waals surface area contributed by atoms with E-state index < -0.39 is 23.8 Å². The predicted octanol–water partition coefficient (Wildman–Crippen LogP) is 3.81. The summed E-state index contributed by atoms with van der Waals surface area (Å²) in [7, 11) is 1.17. The summed E-state index contributed by atoms with van der Waals surface area (Å²) in [5, 5.41) is 0.614. The van der Waals surface area contributed by atoms with Gasteiger partial charge in [0.2, 0.25) is 0 Å². The average molecular weight is 503 g/mol.